The molecule has 3 nitrogen and oxygen atoms in total. The molecule has 13 heavy (non-hydrogen) atoms. The van der Waals surface area contributed by atoms with Crippen LogP contribution in [-0.4, -0.2) is 23.8 Å². The van der Waals surface area contributed by atoms with Gasteiger partial charge in [-0.25, -0.2) is 4.79 Å². The summed E-state index contributed by atoms with van der Waals surface area (Å²) >= 11 is 0. The number of carbonyl (C=O) groups is 1. The second-order valence-corrected chi connectivity index (χ2v) is 3.12. The zero-order chi connectivity index (χ0) is 9.90. The Morgan fingerprint density at radius 2 is 2.46 bits per heavy atom. The van der Waals surface area contributed by atoms with Crippen LogP contribution < -0.4 is 0 Å². The fourth-order valence-electron chi connectivity index (χ4n) is 1.38. The smallest absolute Gasteiger partial charge is 0.335 e. The lowest BCUT2D eigenvalue weighted by atomic mass is 9.89. The first-order valence-electron chi connectivity index (χ1n) is 4.31. The van der Waals surface area contributed by atoms with E-state index in [1.165, 1.54) is 0 Å². The molecule has 1 aliphatic carbocycles. The fourth-order valence-corrected chi connectivity index (χ4v) is 1.38. The molecule has 72 valence electrons. The van der Waals surface area contributed by atoms with Crippen LogP contribution in [0.3, 0.4) is 0 Å². The van der Waals surface area contributed by atoms with Crippen molar-refractivity contribution in [3.8, 4) is 0 Å². The van der Waals surface area contributed by atoms with Gasteiger partial charge in [-0.05, 0) is 18.9 Å². The number of hydrogen-bond acceptors (Lipinski definition) is 2. The third-order valence-corrected chi connectivity index (χ3v) is 2.49. The Morgan fingerprint density at radius 1 is 1.77 bits per heavy atom. The quantitative estimate of drug-likeness (QED) is 0.723. The number of rotatable bonds is 3. The van der Waals surface area contributed by atoms with E-state index in [0.29, 0.717) is 12.0 Å². The molecule has 0 saturated carbocycles. The average molecular weight is 182 g/mol. The summed E-state index contributed by atoms with van der Waals surface area (Å²) in [6, 6.07) is 0. The fraction of sp³-hybridized carbons (Fsp3) is 0.500. The van der Waals surface area contributed by atoms with Gasteiger partial charge in [0.25, 0.3) is 0 Å². The molecule has 0 aromatic rings. The lowest BCUT2D eigenvalue weighted by Crippen LogP contribution is -2.29. The maximum Gasteiger partial charge on any atom is 0.335 e. The summed E-state index contributed by atoms with van der Waals surface area (Å²) in [6.45, 7) is 2.02. The minimum atomic E-state index is -0.878. The zero-order valence-corrected chi connectivity index (χ0v) is 7.91. The van der Waals surface area contributed by atoms with Crippen molar-refractivity contribution < 1.29 is 14.6 Å². The Morgan fingerprint density at radius 3 is 2.77 bits per heavy atom. The average Bonchev–Trinajstić information content (AvgIpc) is 2.18. The summed E-state index contributed by atoms with van der Waals surface area (Å²) in [4.78, 5) is 10.6. The first kappa shape index (κ1) is 9.99. The third-order valence-electron chi connectivity index (χ3n) is 2.49. The molecule has 1 aliphatic rings. The summed E-state index contributed by atoms with van der Waals surface area (Å²) in [5, 5.41) is 8.69. The molecule has 0 aromatic carbocycles. The highest BCUT2D eigenvalue weighted by Gasteiger charge is 2.26. The molecule has 1 unspecified atom stereocenters. The van der Waals surface area contributed by atoms with Crippen molar-refractivity contribution in [1.29, 1.82) is 0 Å². The topological polar surface area (TPSA) is 46.5 Å². The molecule has 0 radical (unpaired) electrons. The van der Waals surface area contributed by atoms with Crippen molar-refractivity contribution in [2.45, 2.75) is 25.4 Å². The molecule has 0 saturated heterocycles. The number of carboxylic acids is 1. The first-order valence-corrected chi connectivity index (χ1v) is 4.31. The van der Waals surface area contributed by atoms with Crippen molar-refractivity contribution in [2.24, 2.45) is 0 Å². The van der Waals surface area contributed by atoms with Crippen molar-refractivity contribution in [3.05, 3.63) is 23.8 Å². The molecule has 0 bridgehead atoms. The van der Waals surface area contributed by atoms with Crippen LogP contribution in [0.4, 0.5) is 0 Å². The van der Waals surface area contributed by atoms with Crippen LogP contribution in [0.1, 0.15) is 19.8 Å². The van der Waals surface area contributed by atoms with Gasteiger partial charge in [0.15, 0.2) is 0 Å². The van der Waals surface area contributed by atoms with E-state index in [-0.39, 0.29) is 5.60 Å². The van der Waals surface area contributed by atoms with E-state index in [2.05, 4.69) is 0 Å². The SMILES string of the molecule is CCC1(OC)C=CC(C(=O)O)=CC1. The minimum absolute atomic E-state index is 0.293. The summed E-state index contributed by atoms with van der Waals surface area (Å²) < 4.78 is 5.33. The van der Waals surface area contributed by atoms with Gasteiger partial charge in [-0.1, -0.05) is 19.1 Å². The molecule has 1 rings (SSSR count). The Balaban J connectivity index is 2.77. The highest BCUT2D eigenvalue weighted by molar-refractivity contribution is 5.90. The van der Waals surface area contributed by atoms with Gasteiger partial charge in [-0.2, -0.15) is 0 Å². The molecular formula is C10H14O3. The minimum Gasteiger partial charge on any atom is -0.478 e. The van der Waals surface area contributed by atoms with Crippen molar-refractivity contribution in [1.82, 2.24) is 0 Å². The van der Waals surface area contributed by atoms with E-state index in [1.54, 1.807) is 19.3 Å². The number of hydrogen-bond donors (Lipinski definition) is 1. The molecule has 0 aliphatic heterocycles. The first-order chi connectivity index (χ1) is 6.13. The molecule has 3 heteroatoms. The molecular weight excluding hydrogens is 168 g/mol. The zero-order valence-electron chi connectivity index (χ0n) is 7.91. The Hall–Kier alpha value is -1.09. The maximum absolute atomic E-state index is 10.6. The van der Waals surface area contributed by atoms with Gasteiger partial charge in [-0.15, -0.1) is 0 Å². The van der Waals surface area contributed by atoms with Crippen LogP contribution in [0.2, 0.25) is 0 Å². The van der Waals surface area contributed by atoms with E-state index in [0.717, 1.165) is 6.42 Å². The van der Waals surface area contributed by atoms with Crippen LogP contribution in [0.5, 0.6) is 0 Å². The number of carboxylic acid groups (broad SMARTS) is 1. The summed E-state index contributed by atoms with van der Waals surface area (Å²) in [5.74, 6) is -0.878. The van der Waals surface area contributed by atoms with Gasteiger partial charge in [0.2, 0.25) is 0 Å². The van der Waals surface area contributed by atoms with Crippen LogP contribution in [0.15, 0.2) is 23.8 Å². The Bertz CT molecular complexity index is 259. The third kappa shape index (κ3) is 1.98. The summed E-state index contributed by atoms with van der Waals surface area (Å²) in [7, 11) is 1.65. The van der Waals surface area contributed by atoms with Crippen LogP contribution in [-0.2, 0) is 9.53 Å². The number of ether oxygens (including phenoxy) is 1. The predicted molar refractivity (Wildman–Crippen MR) is 49.5 cm³/mol. The second kappa shape index (κ2) is 3.75. The second-order valence-electron chi connectivity index (χ2n) is 3.12. The Kier molecular flexibility index (Phi) is 2.88. The van der Waals surface area contributed by atoms with E-state index >= 15 is 0 Å². The molecule has 0 aromatic heterocycles. The Labute approximate surface area is 77.7 Å². The van der Waals surface area contributed by atoms with E-state index in [1.807, 2.05) is 13.0 Å². The summed E-state index contributed by atoms with van der Waals surface area (Å²) in [6.07, 6.45) is 6.63. The van der Waals surface area contributed by atoms with Crippen LogP contribution in [0.25, 0.3) is 0 Å². The predicted octanol–water partition coefficient (Wildman–Crippen LogP) is 1.75. The van der Waals surface area contributed by atoms with Gasteiger partial charge >= 0.3 is 5.97 Å². The van der Waals surface area contributed by atoms with E-state index < -0.39 is 5.97 Å². The molecule has 1 N–H and O–H groups in total. The largest absolute Gasteiger partial charge is 0.478 e. The van der Waals surface area contributed by atoms with Gasteiger partial charge in [0.1, 0.15) is 0 Å². The van der Waals surface area contributed by atoms with Crippen LogP contribution >= 0.6 is 0 Å². The van der Waals surface area contributed by atoms with Gasteiger partial charge < -0.3 is 9.84 Å². The molecule has 0 fully saturated rings. The van der Waals surface area contributed by atoms with Crippen molar-refractivity contribution in [2.75, 3.05) is 7.11 Å². The normalized spacial score (nSPS) is 27.1. The molecule has 0 heterocycles. The molecule has 0 amide bonds. The maximum atomic E-state index is 10.6. The van der Waals surface area contributed by atoms with Crippen molar-refractivity contribution in [3.63, 3.8) is 0 Å². The highest BCUT2D eigenvalue weighted by Crippen LogP contribution is 2.27. The monoisotopic (exact) mass is 182 g/mol. The highest BCUT2D eigenvalue weighted by atomic mass is 16.5. The lowest BCUT2D eigenvalue weighted by Gasteiger charge is -2.29. The van der Waals surface area contributed by atoms with Crippen molar-refractivity contribution >= 4 is 5.97 Å². The number of methoxy groups -OCH3 is 1. The van der Waals surface area contributed by atoms with Gasteiger partial charge in [0, 0.05) is 7.11 Å². The molecule has 1 atom stereocenters. The molecule has 0 spiro atoms. The van der Waals surface area contributed by atoms with E-state index in [9.17, 15) is 4.79 Å². The summed E-state index contributed by atoms with van der Waals surface area (Å²) in [5.41, 5.74) is 0.0556. The van der Waals surface area contributed by atoms with Crippen LogP contribution in [0, 0.1) is 0 Å². The number of aliphatic carboxylic acids is 1. The lowest BCUT2D eigenvalue weighted by molar-refractivity contribution is -0.132. The standard InChI is InChI=1S/C10H14O3/c1-3-10(13-2)6-4-8(5-7-10)9(11)12/h4-6H,3,7H2,1-2H3,(H,11,12). The van der Waals surface area contributed by atoms with Gasteiger partial charge in [0.05, 0.1) is 11.2 Å². The van der Waals surface area contributed by atoms with Gasteiger partial charge in [-0.3, -0.25) is 0 Å². The van der Waals surface area contributed by atoms with E-state index in [4.69, 9.17) is 9.84 Å².